The van der Waals surface area contributed by atoms with Crippen LogP contribution in [0.1, 0.15) is 15.9 Å². The first-order chi connectivity index (χ1) is 6.85. The number of ether oxygens (including phenoxy) is 1. The lowest BCUT2D eigenvalue weighted by Gasteiger charge is -2.11. The summed E-state index contributed by atoms with van der Waals surface area (Å²) in [6.45, 7) is 1.58. The molecule has 15 heavy (non-hydrogen) atoms. The van der Waals surface area contributed by atoms with Crippen molar-refractivity contribution >= 4 is 28.9 Å². The van der Waals surface area contributed by atoms with Crippen LogP contribution in [0.2, 0.25) is 0 Å². The van der Waals surface area contributed by atoms with Crippen molar-refractivity contribution in [2.45, 2.75) is 13.3 Å². The van der Waals surface area contributed by atoms with Crippen LogP contribution in [0, 0.1) is 10.5 Å². The number of nitrogens with zero attached hydrogens (tertiary/aromatic N) is 1. The minimum Gasteiger partial charge on any atom is -0.387 e. The molecule has 0 aromatic carbocycles. The van der Waals surface area contributed by atoms with Gasteiger partial charge in [0.1, 0.15) is 0 Å². The van der Waals surface area contributed by atoms with E-state index in [2.05, 4.69) is 9.72 Å². The normalized spacial score (nSPS) is 11.3. The first kappa shape index (κ1) is 12.2. The van der Waals surface area contributed by atoms with Crippen molar-refractivity contribution in [2.75, 3.05) is 0 Å². The maximum Gasteiger partial charge on any atom is 0.574 e. The summed E-state index contributed by atoms with van der Waals surface area (Å²) in [5, 5.41) is 0. The molecule has 1 aromatic heterocycles. The zero-order valence-electron chi connectivity index (χ0n) is 7.43. The molecule has 0 saturated carbocycles. The second kappa shape index (κ2) is 4.33. The average Bonchev–Trinajstić information content (AvgIpc) is 2.09. The van der Waals surface area contributed by atoms with Crippen LogP contribution >= 0.6 is 22.6 Å². The number of hydrogen-bond donors (Lipinski definition) is 0. The van der Waals surface area contributed by atoms with Crippen LogP contribution in [0.5, 0.6) is 5.88 Å². The summed E-state index contributed by atoms with van der Waals surface area (Å²) in [6.07, 6.45) is -3.17. The summed E-state index contributed by atoms with van der Waals surface area (Å²) < 4.78 is 39.4. The minimum absolute atomic E-state index is 0.0555. The summed E-state index contributed by atoms with van der Waals surface area (Å²) in [7, 11) is 0. The number of rotatable bonds is 2. The molecule has 7 heteroatoms. The second-order valence-corrected chi connectivity index (χ2v) is 3.72. The third-order valence-electron chi connectivity index (χ3n) is 1.55. The Morgan fingerprint density at radius 1 is 1.53 bits per heavy atom. The maximum absolute atomic E-state index is 11.9. The molecule has 0 fully saturated rings. The smallest absolute Gasteiger partial charge is 0.387 e. The molecule has 0 aliphatic heterocycles. The number of alkyl halides is 3. The van der Waals surface area contributed by atoms with Crippen molar-refractivity contribution < 1.29 is 22.7 Å². The van der Waals surface area contributed by atoms with E-state index in [0.717, 1.165) is 6.20 Å². The number of halogens is 4. The van der Waals surface area contributed by atoms with Crippen LogP contribution in [-0.2, 0) is 0 Å². The molecule has 82 valence electrons. The van der Waals surface area contributed by atoms with E-state index >= 15 is 0 Å². The molecule has 0 atom stereocenters. The Kier molecular flexibility index (Phi) is 3.53. The molecule has 0 saturated heterocycles. The second-order valence-electron chi connectivity index (χ2n) is 2.64. The van der Waals surface area contributed by atoms with Gasteiger partial charge in [0, 0.05) is 11.8 Å². The molecule has 0 amide bonds. The molecule has 0 bridgehead atoms. The predicted octanol–water partition coefficient (Wildman–Crippen LogP) is 2.71. The van der Waals surface area contributed by atoms with E-state index in [9.17, 15) is 18.0 Å². The van der Waals surface area contributed by atoms with Crippen LogP contribution < -0.4 is 4.74 Å². The molecule has 0 N–H and O–H groups in total. The SMILES string of the molecule is Cc1cnc(OC(F)(F)F)c(I)c1C=O. The molecule has 0 spiro atoms. The third kappa shape index (κ3) is 3.05. The van der Waals surface area contributed by atoms with Gasteiger partial charge in [0.15, 0.2) is 6.29 Å². The maximum atomic E-state index is 11.9. The number of aromatic nitrogens is 1. The Morgan fingerprint density at radius 3 is 2.60 bits per heavy atom. The highest BCUT2D eigenvalue weighted by Gasteiger charge is 2.33. The lowest BCUT2D eigenvalue weighted by atomic mass is 10.2. The van der Waals surface area contributed by atoms with Crippen molar-refractivity contribution in [1.82, 2.24) is 4.98 Å². The van der Waals surface area contributed by atoms with Crippen LogP contribution in [0.4, 0.5) is 13.2 Å². The fourth-order valence-electron chi connectivity index (χ4n) is 0.895. The first-order valence-electron chi connectivity index (χ1n) is 3.71. The molecule has 3 nitrogen and oxygen atoms in total. The summed E-state index contributed by atoms with van der Waals surface area (Å²) in [4.78, 5) is 14.1. The lowest BCUT2D eigenvalue weighted by Crippen LogP contribution is -2.19. The van der Waals surface area contributed by atoms with Gasteiger partial charge < -0.3 is 4.74 Å². The Morgan fingerprint density at radius 2 is 2.13 bits per heavy atom. The lowest BCUT2D eigenvalue weighted by molar-refractivity contribution is -0.276. The molecule has 1 rings (SSSR count). The van der Waals surface area contributed by atoms with Gasteiger partial charge in [-0.3, -0.25) is 4.79 Å². The van der Waals surface area contributed by atoms with E-state index in [0.29, 0.717) is 11.8 Å². The highest BCUT2D eigenvalue weighted by atomic mass is 127. The summed E-state index contributed by atoms with van der Waals surface area (Å²) in [6, 6.07) is 0. The van der Waals surface area contributed by atoms with E-state index < -0.39 is 12.2 Å². The van der Waals surface area contributed by atoms with E-state index in [1.165, 1.54) is 0 Å². The average molecular weight is 331 g/mol. The van der Waals surface area contributed by atoms with Gasteiger partial charge >= 0.3 is 6.36 Å². The topological polar surface area (TPSA) is 39.2 Å². The highest BCUT2D eigenvalue weighted by Crippen LogP contribution is 2.28. The number of hydrogen-bond acceptors (Lipinski definition) is 3. The monoisotopic (exact) mass is 331 g/mol. The molecule has 0 aliphatic rings. The highest BCUT2D eigenvalue weighted by molar-refractivity contribution is 14.1. The van der Waals surface area contributed by atoms with Crippen LogP contribution in [0.15, 0.2) is 6.20 Å². The quantitative estimate of drug-likeness (QED) is 0.618. The van der Waals surface area contributed by atoms with Gasteiger partial charge in [-0.1, -0.05) is 0 Å². The minimum atomic E-state index is -4.80. The number of carbonyl (C=O) groups excluding carboxylic acids is 1. The van der Waals surface area contributed by atoms with Gasteiger partial charge in [-0.15, -0.1) is 13.2 Å². The van der Waals surface area contributed by atoms with Gasteiger partial charge in [0.25, 0.3) is 0 Å². The molecule has 1 aromatic rings. The largest absolute Gasteiger partial charge is 0.574 e. The summed E-state index contributed by atoms with van der Waals surface area (Å²) in [5.41, 5.74) is 0.661. The molecule has 1 heterocycles. The van der Waals surface area contributed by atoms with Crippen molar-refractivity contribution in [3.8, 4) is 5.88 Å². The molecule has 0 unspecified atom stereocenters. The van der Waals surface area contributed by atoms with E-state index in [1.54, 1.807) is 29.5 Å². The van der Waals surface area contributed by atoms with Crippen LogP contribution in [0.25, 0.3) is 0 Å². The number of aryl methyl sites for hydroxylation is 1. The van der Waals surface area contributed by atoms with Crippen molar-refractivity contribution in [3.63, 3.8) is 0 Å². The molecule has 0 radical (unpaired) electrons. The van der Waals surface area contributed by atoms with Crippen LogP contribution in [0.3, 0.4) is 0 Å². The van der Waals surface area contributed by atoms with Gasteiger partial charge in [0.05, 0.1) is 3.57 Å². The Hall–Kier alpha value is -0.860. The van der Waals surface area contributed by atoms with Crippen molar-refractivity contribution in [3.05, 3.63) is 20.9 Å². The van der Waals surface area contributed by atoms with Crippen molar-refractivity contribution in [1.29, 1.82) is 0 Å². The van der Waals surface area contributed by atoms with Gasteiger partial charge in [-0.25, -0.2) is 4.98 Å². The third-order valence-corrected chi connectivity index (χ3v) is 2.60. The zero-order chi connectivity index (χ0) is 11.6. The zero-order valence-corrected chi connectivity index (χ0v) is 9.59. The number of carbonyl (C=O) groups is 1. The van der Waals surface area contributed by atoms with E-state index in [-0.39, 0.29) is 9.13 Å². The first-order valence-corrected chi connectivity index (χ1v) is 4.79. The van der Waals surface area contributed by atoms with Crippen molar-refractivity contribution in [2.24, 2.45) is 0 Å². The fraction of sp³-hybridized carbons (Fsp3) is 0.250. The number of pyridine rings is 1. The number of aldehydes is 1. The summed E-state index contributed by atoms with van der Waals surface area (Å²) in [5.74, 6) is -0.601. The molecular weight excluding hydrogens is 326 g/mol. The Labute approximate surface area is 96.8 Å². The van der Waals surface area contributed by atoms with Gasteiger partial charge in [-0.2, -0.15) is 0 Å². The molecular formula is C8H5F3INO2. The standard InChI is InChI=1S/C8H5F3INO2/c1-4-2-13-7(15-8(9,10)11)6(12)5(4)3-14/h2-3H,1H3. The van der Waals surface area contributed by atoms with E-state index in [1.807, 2.05) is 0 Å². The van der Waals surface area contributed by atoms with Gasteiger partial charge in [-0.05, 0) is 35.1 Å². The van der Waals surface area contributed by atoms with Gasteiger partial charge in [0.2, 0.25) is 5.88 Å². The fourth-order valence-corrected chi connectivity index (χ4v) is 1.70. The van der Waals surface area contributed by atoms with Crippen LogP contribution in [-0.4, -0.2) is 17.6 Å². The summed E-state index contributed by atoms with van der Waals surface area (Å²) >= 11 is 1.59. The Bertz CT molecular complexity index is 392. The predicted molar refractivity (Wildman–Crippen MR) is 53.8 cm³/mol. The van der Waals surface area contributed by atoms with E-state index in [4.69, 9.17) is 0 Å². The Balaban J connectivity index is 3.16. The molecule has 0 aliphatic carbocycles.